The number of anilines is 1. The van der Waals surface area contributed by atoms with Gasteiger partial charge in [-0.25, -0.2) is 9.37 Å². The highest BCUT2D eigenvalue weighted by Gasteiger charge is 2.12. The zero-order valence-corrected chi connectivity index (χ0v) is 8.91. The Morgan fingerprint density at radius 3 is 2.92 bits per heavy atom. The quantitative estimate of drug-likeness (QED) is 0.751. The molecule has 4 nitrogen and oxygen atoms in total. The summed E-state index contributed by atoms with van der Waals surface area (Å²) in [4.78, 5) is 7.82. The van der Waals surface area contributed by atoms with Crippen molar-refractivity contribution in [2.24, 2.45) is 0 Å². The molecule has 0 atom stereocenters. The summed E-state index contributed by atoms with van der Waals surface area (Å²) in [6.07, 6.45) is 1.35. The average Bonchev–Trinajstić information content (AvgIpc) is 2.27. The molecule has 0 radical (unpaired) electrons. The Labute approximate surface area is 87.5 Å². The maximum absolute atomic E-state index is 13.3. The van der Waals surface area contributed by atoms with Gasteiger partial charge in [-0.2, -0.15) is 4.98 Å². The molecule has 13 heavy (non-hydrogen) atoms. The first-order valence-electron chi connectivity index (χ1n) is 3.56. The van der Waals surface area contributed by atoms with Crippen LogP contribution in [0.25, 0.3) is 11.0 Å². The van der Waals surface area contributed by atoms with Gasteiger partial charge < -0.3 is 5.73 Å². The zero-order chi connectivity index (χ0) is 9.59. The molecule has 0 saturated heterocycles. The van der Waals surface area contributed by atoms with Gasteiger partial charge >= 0.3 is 0 Å². The van der Waals surface area contributed by atoms with E-state index in [9.17, 15) is 4.39 Å². The van der Waals surface area contributed by atoms with Gasteiger partial charge in [-0.3, -0.25) is 2.78 Å². The third-order valence-corrected chi connectivity index (χ3v) is 2.49. The highest BCUT2D eigenvalue weighted by molar-refractivity contribution is 14.1. The summed E-state index contributed by atoms with van der Waals surface area (Å²) >= 11 is 1.94. The molecule has 0 unspecified atom stereocenters. The molecule has 0 fully saturated rings. The van der Waals surface area contributed by atoms with Crippen LogP contribution in [0.15, 0.2) is 6.20 Å². The normalized spacial score (nSPS) is 11.0. The molecule has 0 spiro atoms. The van der Waals surface area contributed by atoms with Crippen molar-refractivity contribution in [1.82, 2.24) is 12.7 Å². The Bertz CT molecular complexity index is 479. The van der Waals surface area contributed by atoms with E-state index in [1.54, 1.807) is 9.70 Å². The number of nitrogen functional groups attached to an aromatic ring is 1. The maximum atomic E-state index is 13.3. The van der Waals surface area contributed by atoms with Crippen LogP contribution in [0.3, 0.4) is 0 Å². The monoisotopic (exact) mass is 292 g/mol. The number of halogens is 2. The van der Waals surface area contributed by atoms with Gasteiger partial charge in [0, 0.05) is 0 Å². The fraction of sp³-hybridized carbons (Fsp3) is 0.143. The molecule has 68 valence electrons. The lowest BCUT2D eigenvalue weighted by atomic mass is 10.3. The van der Waals surface area contributed by atoms with Gasteiger partial charge in [-0.1, -0.05) is 0 Å². The van der Waals surface area contributed by atoms with Crippen LogP contribution >= 0.6 is 22.9 Å². The summed E-state index contributed by atoms with van der Waals surface area (Å²) in [6.45, 7) is 1.71. The fourth-order valence-corrected chi connectivity index (χ4v) is 1.83. The minimum Gasteiger partial charge on any atom is -0.368 e. The molecule has 0 aliphatic rings. The Balaban J connectivity index is 2.97. The lowest BCUT2D eigenvalue weighted by molar-refractivity contribution is 0.638. The fourth-order valence-electron chi connectivity index (χ4n) is 1.24. The first-order chi connectivity index (χ1) is 6.09. The van der Waals surface area contributed by atoms with Crippen LogP contribution in [0.2, 0.25) is 0 Å². The number of nitrogens with two attached hydrogens (primary N) is 1. The van der Waals surface area contributed by atoms with Gasteiger partial charge in [0.1, 0.15) is 0 Å². The summed E-state index contributed by atoms with van der Waals surface area (Å²) in [6, 6.07) is 0. The first-order valence-corrected chi connectivity index (χ1v) is 4.53. The predicted octanol–water partition coefficient (Wildman–Crippen LogP) is 1.66. The van der Waals surface area contributed by atoms with Crippen LogP contribution in [0.1, 0.15) is 5.69 Å². The third kappa shape index (κ3) is 1.25. The molecule has 2 rings (SSSR count). The van der Waals surface area contributed by atoms with Crippen LogP contribution in [0.4, 0.5) is 10.3 Å². The van der Waals surface area contributed by atoms with Crippen molar-refractivity contribution in [2.75, 3.05) is 5.73 Å². The Hall–Kier alpha value is -0.920. The van der Waals surface area contributed by atoms with E-state index in [2.05, 4.69) is 9.97 Å². The molecule has 0 aliphatic carbocycles. The van der Waals surface area contributed by atoms with Crippen LogP contribution in [-0.2, 0) is 0 Å². The van der Waals surface area contributed by atoms with Crippen molar-refractivity contribution in [3.8, 4) is 0 Å². The first kappa shape index (κ1) is 8.67. The van der Waals surface area contributed by atoms with E-state index >= 15 is 0 Å². The summed E-state index contributed by atoms with van der Waals surface area (Å²) < 4.78 is 14.8. The number of rotatable bonds is 0. The van der Waals surface area contributed by atoms with E-state index in [1.165, 1.54) is 6.20 Å². The molecule has 0 aliphatic heterocycles. The summed E-state index contributed by atoms with van der Waals surface area (Å²) in [7, 11) is 0. The Kier molecular flexibility index (Phi) is 1.86. The average molecular weight is 292 g/mol. The van der Waals surface area contributed by atoms with E-state index < -0.39 is 0 Å². The van der Waals surface area contributed by atoms with E-state index in [0.717, 1.165) is 0 Å². The van der Waals surface area contributed by atoms with Crippen molar-refractivity contribution in [3.05, 3.63) is 17.7 Å². The Morgan fingerprint density at radius 2 is 2.23 bits per heavy atom. The smallest absolute Gasteiger partial charge is 0.222 e. The van der Waals surface area contributed by atoms with Crippen molar-refractivity contribution in [3.63, 3.8) is 0 Å². The molecule has 0 aromatic carbocycles. The number of nitrogens with zero attached hydrogens (tertiary/aromatic N) is 3. The van der Waals surface area contributed by atoms with E-state index in [4.69, 9.17) is 5.73 Å². The highest BCUT2D eigenvalue weighted by Crippen LogP contribution is 2.23. The number of fused-ring (bicyclic) bond motifs is 1. The largest absolute Gasteiger partial charge is 0.368 e. The van der Waals surface area contributed by atoms with Crippen molar-refractivity contribution in [2.45, 2.75) is 6.92 Å². The highest BCUT2D eigenvalue weighted by atomic mass is 127. The second-order valence-corrected chi connectivity index (χ2v) is 3.69. The molecule has 6 heteroatoms. The van der Waals surface area contributed by atoms with Gasteiger partial charge in [0.15, 0.2) is 11.5 Å². The second-order valence-electron chi connectivity index (χ2n) is 2.65. The minimum atomic E-state index is -0.318. The molecule has 2 aromatic rings. The minimum absolute atomic E-state index is 0.168. The van der Waals surface area contributed by atoms with Crippen LogP contribution in [0, 0.1) is 12.7 Å². The van der Waals surface area contributed by atoms with E-state index in [-0.39, 0.29) is 11.8 Å². The second kappa shape index (κ2) is 2.79. The molecular weight excluding hydrogens is 286 g/mol. The maximum Gasteiger partial charge on any atom is 0.222 e. The molecule has 2 aromatic heterocycles. The molecule has 2 heterocycles. The predicted molar refractivity (Wildman–Crippen MR) is 56.1 cm³/mol. The van der Waals surface area contributed by atoms with Gasteiger partial charge in [-0.15, -0.1) is 0 Å². The van der Waals surface area contributed by atoms with Crippen LogP contribution < -0.4 is 5.73 Å². The van der Waals surface area contributed by atoms with E-state index in [1.807, 2.05) is 22.9 Å². The van der Waals surface area contributed by atoms with Gasteiger partial charge in [-0.05, 0) is 6.92 Å². The van der Waals surface area contributed by atoms with Gasteiger partial charge in [0.05, 0.1) is 40.1 Å². The lowest BCUT2D eigenvalue weighted by Gasteiger charge is -1.97. The van der Waals surface area contributed by atoms with Gasteiger partial charge in [0.2, 0.25) is 5.95 Å². The third-order valence-electron chi connectivity index (χ3n) is 1.76. The van der Waals surface area contributed by atoms with E-state index in [0.29, 0.717) is 16.7 Å². The Morgan fingerprint density at radius 1 is 1.54 bits per heavy atom. The number of hydrogen-bond donors (Lipinski definition) is 1. The molecule has 2 N–H and O–H groups in total. The molecule has 0 bridgehead atoms. The SMILES string of the molecule is Cc1nc(N)nc2c1c(F)cn2I. The molecular formula is C7H6FIN4. The summed E-state index contributed by atoms with van der Waals surface area (Å²) in [5.41, 5.74) is 6.52. The summed E-state index contributed by atoms with van der Waals surface area (Å²) in [5, 5.41) is 0.434. The van der Waals surface area contributed by atoms with Crippen LogP contribution in [0.5, 0.6) is 0 Å². The van der Waals surface area contributed by atoms with Crippen LogP contribution in [-0.4, -0.2) is 12.7 Å². The lowest BCUT2D eigenvalue weighted by Crippen LogP contribution is -1.98. The van der Waals surface area contributed by atoms with Crippen molar-refractivity contribution in [1.29, 1.82) is 0 Å². The summed E-state index contributed by atoms with van der Waals surface area (Å²) in [5.74, 6) is -0.150. The van der Waals surface area contributed by atoms with Gasteiger partial charge in [0.25, 0.3) is 0 Å². The topological polar surface area (TPSA) is 56.7 Å². The molecule has 0 amide bonds. The molecule has 0 saturated carbocycles. The number of aryl methyl sites for hydroxylation is 1. The zero-order valence-electron chi connectivity index (χ0n) is 6.75. The van der Waals surface area contributed by atoms with Crippen molar-refractivity contribution < 1.29 is 4.39 Å². The number of aromatic nitrogens is 3. The van der Waals surface area contributed by atoms with Crippen molar-refractivity contribution >= 4 is 39.8 Å². The number of hydrogen-bond acceptors (Lipinski definition) is 3. The standard InChI is InChI=1S/C7H6FIN4/c1-3-5-4(8)2-13(9)6(5)12-7(10)11-3/h2H,1H3,(H2,10,11,12).